The van der Waals surface area contributed by atoms with E-state index in [2.05, 4.69) is 41.3 Å². The van der Waals surface area contributed by atoms with Crippen molar-refractivity contribution in [1.29, 1.82) is 10.5 Å². The number of carbonyl (C=O) groups is 1. The molecule has 3 aliphatic rings. The van der Waals surface area contributed by atoms with Crippen molar-refractivity contribution < 1.29 is 4.79 Å². The van der Waals surface area contributed by atoms with Gasteiger partial charge in [-0.15, -0.1) is 0 Å². The van der Waals surface area contributed by atoms with E-state index in [1.807, 2.05) is 66.7 Å². The van der Waals surface area contributed by atoms with Crippen molar-refractivity contribution in [1.82, 2.24) is 0 Å². The zero-order chi connectivity index (χ0) is 25.5. The second kappa shape index (κ2) is 9.40. The molecule has 4 atom stereocenters. The van der Waals surface area contributed by atoms with E-state index in [1.165, 1.54) is 0 Å². The van der Waals surface area contributed by atoms with Gasteiger partial charge in [-0.1, -0.05) is 84.4 Å². The zero-order valence-electron chi connectivity index (χ0n) is 20.1. The molecule has 0 aromatic heterocycles. The molecule has 0 unspecified atom stereocenters. The summed E-state index contributed by atoms with van der Waals surface area (Å²) in [5, 5.41) is 20.6. The van der Waals surface area contributed by atoms with E-state index < -0.39 is 6.04 Å². The number of ketones is 1. The monoisotopic (exact) mass is 501 g/mol. The highest BCUT2D eigenvalue weighted by atomic mass is 35.5. The van der Waals surface area contributed by atoms with Crippen LogP contribution in [0.15, 0.2) is 96.1 Å². The molecule has 5 heteroatoms. The highest BCUT2D eigenvalue weighted by Crippen LogP contribution is 2.56. The minimum Gasteiger partial charge on any atom is -0.353 e. The molecule has 180 valence electrons. The molecule has 4 nitrogen and oxygen atoms in total. The lowest BCUT2D eigenvalue weighted by molar-refractivity contribution is 0.0952. The van der Waals surface area contributed by atoms with Crippen LogP contribution in [-0.4, -0.2) is 17.9 Å². The molecule has 2 fully saturated rings. The summed E-state index contributed by atoms with van der Waals surface area (Å²) in [5.41, 5.74) is 4.76. The smallest absolute Gasteiger partial charge is 0.185 e. The quantitative estimate of drug-likeness (QED) is 0.280. The van der Waals surface area contributed by atoms with Gasteiger partial charge in [0.15, 0.2) is 5.78 Å². The van der Waals surface area contributed by atoms with Gasteiger partial charge in [-0.3, -0.25) is 4.79 Å². The Bertz CT molecular complexity index is 1490. The van der Waals surface area contributed by atoms with Crippen LogP contribution >= 0.6 is 11.6 Å². The maximum Gasteiger partial charge on any atom is 0.185 e. The lowest BCUT2D eigenvalue weighted by atomic mass is 9.73. The number of anilines is 1. The fourth-order valence-corrected chi connectivity index (χ4v) is 6.36. The number of rotatable bonds is 5. The van der Waals surface area contributed by atoms with Gasteiger partial charge in [-0.05, 0) is 53.7 Å². The fraction of sp³-hybridized carbons (Fsp3) is 0.219. The standard InChI is InChI=1S/C32H24ClN3O/c33-25-15-12-22(13-16-25)29-30(28(21-10-11-21)24(18-34)19-35)27-17-14-20-6-4-5-9-26(20)36(27)31(29)32(37)23-7-2-1-3-8-23/h1-9,12-17,21,27,29-31H,10-11H2/t27-,29-,30+,31+/m0/s1. The summed E-state index contributed by atoms with van der Waals surface area (Å²) in [6.45, 7) is 0. The Kier molecular flexibility index (Phi) is 5.91. The number of carbonyl (C=O) groups excluding carboxylic acids is 1. The number of para-hydroxylation sites is 1. The molecule has 1 aliphatic carbocycles. The lowest BCUT2D eigenvalue weighted by Crippen LogP contribution is -2.43. The first kappa shape index (κ1) is 23.3. The molecule has 0 radical (unpaired) electrons. The maximum absolute atomic E-state index is 14.4. The molecule has 0 spiro atoms. The number of halogens is 1. The average molecular weight is 502 g/mol. The van der Waals surface area contributed by atoms with Crippen molar-refractivity contribution in [2.75, 3.05) is 4.90 Å². The second-order valence-electron chi connectivity index (χ2n) is 9.92. The third kappa shape index (κ3) is 3.95. The normalized spacial score (nSPS) is 23.4. The molecule has 0 N–H and O–H groups in total. The zero-order valence-corrected chi connectivity index (χ0v) is 20.8. The minimum absolute atomic E-state index is 0.0313. The van der Waals surface area contributed by atoms with Crippen LogP contribution in [0.3, 0.4) is 0 Å². The molecule has 6 rings (SSSR count). The highest BCUT2D eigenvalue weighted by Gasteiger charge is 2.56. The third-order valence-electron chi connectivity index (χ3n) is 7.87. The van der Waals surface area contributed by atoms with Crippen molar-refractivity contribution in [3.05, 3.63) is 118 Å². The van der Waals surface area contributed by atoms with Crippen molar-refractivity contribution in [2.24, 2.45) is 11.8 Å². The van der Waals surface area contributed by atoms with Gasteiger partial charge in [0, 0.05) is 28.1 Å². The molecule has 0 bridgehead atoms. The summed E-state index contributed by atoms with van der Waals surface area (Å²) in [4.78, 5) is 16.6. The highest BCUT2D eigenvalue weighted by molar-refractivity contribution is 6.30. The number of benzene rings is 3. The van der Waals surface area contributed by atoms with Crippen LogP contribution in [-0.2, 0) is 0 Å². The second-order valence-corrected chi connectivity index (χ2v) is 10.4. The van der Waals surface area contributed by atoms with Crippen LogP contribution in [0.5, 0.6) is 0 Å². The Labute approximate surface area is 221 Å². The summed E-state index contributed by atoms with van der Waals surface area (Å²) >= 11 is 6.27. The third-order valence-corrected chi connectivity index (χ3v) is 8.13. The minimum atomic E-state index is -0.517. The van der Waals surface area contributed by atoms with Crippen molar-refractivity contribution in [3.8, 4) is 12.1 Å². The van der Waals surface area contributed by atoms with Gasteiger partial charge in [-0.2, -0.15) is 10.5 Å². The number of allylic oxidation sites excluding steroid dienone is 1. The lowest BCUT2D eigenvalue weighted by Gasteiger charge is -2.36. The predicted molar refractivity (Wildman–Crippen MR) is 145 cm³/mol. The topological polar surface area (TPSA) is 67.9 Å². The molecule has 2 heterocycles. The Hall–Kier alpha value is -4.12. The van der Waals surface area contributed by atoms with Crippen LogP contribution in [0.1, 0.15) is 40.2 Å². The molecular formula is C32H24ClN3O. The van der Waals surface area contributed by atoms with Crippen molar-refractivity contribution >= 4 is 29.1 Å². The van der Waals surface area contributed by atoms with Gasteiger partial charge >= 0.3 is 0 Å². The van der Waals surface area contributed by atoms with Crippen LogP contribution in [0.25, 0.3) is 6.08 Å². The number of hydrogen-bond donors (Lipinski definition) is 0. The molecule has 2 aliphatic heterocycles. The molecule has 37 heavy (non-hydrogen) atoms. The Morgan fingerprint density at radius 2 is 1.57 bits per heavy atom. The molecular weight excluding hydrogens is 478 g/mol. The number of fused-ring (bicyclic) bond motifs is 3. The Balaban J connectivity index is 1.63. The van der Waals surface area contributed by atoms with Crippen LogP contribution < -0.4 is 4.90 Å². The number of nitriles is 2. The summed E-state index contributed by atoms with van der Waals surface area (Å²) < 4.78 is 0. The fourth-order valence-electron chi connectivity index (χ4n) is 6.24. The summed E-state index contributed by atoms with van der Waals surface area (Å²) in [5.74, 6) is -0.251. The van der Waals surface area contributed by atoms with Gasteiger partial charge in [0.1, 0.15) is 23.8 Å². The van der Waals surface area contributed by atoms with E-state index in [4.69, 9.17) is 11.6 Å². The SMILES string of the molecule is N#CC(C#N)=C(C1CC1)[C@@H]1[C@H](c2ccc(Cl)cc2)[C@H](C(=O)c2ccccc2)N2c3ccccc3C=C[C@@H]12. The van der Waals surface area contributed by atoms with Crippen LogP contribution in [0.4, 0.5) is 5.69 Å². The average Bonchev–Trinajstić information content (AvgIpc) is 3.73. The van der Waals surface area contributed by atoms with E-state index in [9.17, 15) is 15.3 Å². The summed E-state index contributed by atoms with van der Waals surface area (Å²) in [7, 11) is 0. The number of hydrogen-bond acceptors (Lipinski definition) is 4. The Morgan fingerprint density at radius 1 is 0.892 bits per heavy atom. The predicted octanol–water partition coefficient (Wildman–Crippen LogP) is 6.96. The molecule has 3 aromatic rings. The maximum atomic E-state index is 14.4. The van der Waals surface area contributed by atoms with Gasteiger partial charge in [-0.25, -0.2) is 0 Å². The van der Waals surface area contributed by atoms with Gasteiger partial charge in [0.2, 0.25) is 0 Å². The van der Waals surface area contributed by atoms with E-state index in [0.29, 0.717) is 10.6 Å². The Morgan fingerprint density at radius 3 is 2.24 bits per heavy atom. The van der Waals surface area contributed by atoms with Gasteiger partial charge in [0.25, 0.3) is 0 Å². The summed E-state index contributed by atoms with van der Waals surface area (Å²) in [6, 6.07) is 28.9. The van der Waals surface area contributed by atoms with Crippen LogP contribution in [0.2, 0.25) is 5.02 Å². The largest absolute Gasteiger partial charge is 0.353 e. The number of nitrogens with zero attached hydrogens (tertiary/aromatic N) is 3. The van der Waals surface area contributed by atoms with Crippen LogP contribution in [0, 0.1) is 34.5 Å². The van der Waals surface area contributed by atoms with Crippen molar-refractivity contribution in [2.45, 2.75) is 30.8 Å². The molecule has 1 saturated heterocycles. The van der Waals surface area contributed by atoms with E-state index in [0.717, 1.165) is 35.2 Å². The van der Waals surface area contributed by atoms with Crippen molar-refractivity contribution in [3.63, 3.8) is 0 Å². The molecule has 0 amide bonds. The first-order chi connectivity index (χ1) is 18.1. The molecule has 3 aromatic carbocycles. The van der Waals surface area contributed by atoms with Gasteiger partial charge in [0.05, 0.1) is 6.04 Å². The van der Waals surface area contributed by atoms with Gasteiger partial charge < -0.3 is 4.90 Å². The van der Waals surface area contributed by atoms with E-state index in [-0.39, 0.29) is 35.2 Å². The first-order valence-corrected chi connectivity index (χ1v) is 12.9. The van der Waals surface area contributed by atoms with E-state index in [1.54, 1.807) is 0 Å². The number of Topliss-reactive ketones (excluding diaryl/α,β-unsaturated/α-hetero) is 1. The molecule has 1 saturated carbocycles. The summed E-state index contributed by atoms with van der Waals surface area (Å²) in [6.07, 6.45) is 6.18. The first-order valence-electron chi connectivity index (χ1n) is 12.6. The van der Waals surface area contributed by atoms with E-state index >= 15 is 0 Å².